The minimum absolute atomic E-state index is 0.419. The topological polar surface area (TPSA) is 41.1 Å². The number of hydrogen-bond donors (Lipinski definition) is 1. The minimum Gasteiger partial charge on any atom is -0.335 e. The van der Waals surface area contributed by atoms with Crippen molar-refractivity contribution in [2.45, 2.75) is 25.9 Å². The van der Waals surface area contributed by atoms with Gasteiger partial charge in [0.25, 0.3) is 0 Å². The monoisotopic (exact) mass is 226 g/mol. The Morgan fingerprint density at radius 3 is 2.73 bits per heavy atom. The Labute approximate surface area is 94.7 Å². The van der Waals surface area contributed by atoms with E-state index in [9.17, 15) is 0 Å². The van der Waals surface area contributed by atoms with Crippen LogP contribution in [-0.4, -0.2) is 35.1 Å². The maximum absolute atomic E-state index is 5.76. The number of aromatic nitrogens is 2. The summed E-state index contributed by atoms with van der Waals surface area (Å²) in [6, 6.07) is 0.892. The highest BCUT2D eigenvalue weighted by atomic mass is 35.5. The Morgan fingerprint density at radius 2 is 2.07 bits per heavy atom. The summed E-state index contributed by atoms with van der Waals surface area (Å²) in [5, 5.41) is 4.00. The standard InChI is InChI=1S/C10H15ClN4/c1-7-6-15(8(2)3-12-7)10-13-4-9(11)5-14-10/h4-5,7-8,12H,3,6H2,1-2H3. The Balaban J connectivity index is 2.17. The number of nitrogens with zero attached hydrogens (tertiary/aromatic N) is 3. The third-order valence-electron chi connectivity index (χ3n) is 2.63. The van der Waals surface area contributed by atoms with E-state index in [0.717, 1.165) is 19.0 Å². The predicted octanol–water partition coefficient (Wildman–Crippen LogP) is 1.32. The van der Waals surface area contributed by atoms with Crippen molar-refractivity contribution < 1.29 is 0 Å². The van der Waals surface area contributed by atoms with Crippen LogP contribution in [0.25, 0.3) is 0 Å². The molecule has 2 heterocycles. The summed E-state index contributed by atoms with van der Waals surface area (Å²) in [5.41, 5.74) is 0. The van der Waals surface area contributed by atoms with E-state index in [2.05, 4.69) is 34.0 Å². The van der Waals surface area contributed by atoms with Crippen molar-refractivity contribution in [2.75, 3.05) is 18.0 Å². The van der Waals surface area contributed by atoms with Gasteiger partial charge in [0.15, 0.2) is 0 Å². The number of hydrogen-bond acceptors (Lipinski definition) is 4. The molecule has 82 valence electrons. The fourth-order valence-corrected chi connectivity index (χ4v) is 1.85. The lowest BCUT2D eigenvalue weighted by Crippen LogP contribution is -2.55. The number of halogens is 1. The Morgan fingerprint density at radius 1 is 1.40 bits per heavy atom. The van der Waals surface area contributed by atoms with Gasteiger partial charge in [-0.15, -0.1) is 0 Å². The second-order valence-electron chi connectivity index (χ2n) is 4.01. The number of nitrogens with one attached hydrogen (secondary N) is 1. The van der Waals surface area contributed by atoms with Gasteiger partial charge in [0, 0.05) is 25.2 Å². The van der Waals surface area contributed by atoms with Crippen LogP contribution in [-0.2, 0) is 0 Å². The number of rotatable bonds is 1. The van der Waals surface area contributed by atoms with Crippen molar-refractivity contribution in [1.82, 2.24) is 15.3 Å². The van der Waals surface area contributed by atoms with E-state index < -0.39 is 0 Å². The molecule has 0 aromatic carbocycles. The molecular formula is C10H15ClN4. The van der Waals surface area contributed by atoms with Crippen molar-refractivity contribution in [2.24, 2.45) is 0 Å². The van der Waals surface area contributed by atoms with E-state index >= 15 is 0 Å². The molecule has 1 aliphatic rings. The maximum Gasteiger partial charge on any atom is 0.225 e. The molecule has 0 radical (unpaired) electrons. The molecule has 0 aliphatic carbocycles. The van der Waals surface area contributed by atoms with Gasteiger partial charge < -0.3 is 10.2 Å². The lowest BCUT2D eigenvalue weighted by atomic mass is 10.1. The quantitative estimate of drug-likeness (QED) is 0.784. The largest absolute Gasteiger partial charge is 0.335 e. The highest BCUT2D eigenvalue weighted by Gasteiger charge is 2.24. The molecule has 2 unspecified atom stereocenters. The van der Waals surface area contributed by atoms with Crippen molar-refractivity contribution in [3.63, 3.8) is 0 Å². The van der Waals surface area contributed by atoms with E-state index in [1.807, 2.05) is 0 Å². The normalized spacial score (nSPS) is 26.7. The van der Waals surface area contributed by atoms with E-state index in [1.54, 1.807) is 12.4 Å². The van der Waals surface area contributed by atoms with Gasteiger partial charge in [-0.2, -0.15) is 0 Å². The Kier molecular flexibility index (Phi) is 3.07. The summed E-state index contributed by atoms with van der Waals surface area (Å²) < 4.78 is 0. The van der Waals surface area contributed by atoms with Gasteiger partial charge in [0.2, 0.25) is 5.95 Å². The van der Waals surface area contributed by atoms with Gasteiger partial charge in [-0.05, 0) is 13.8 Å². The van der Waals surface area contributed by atoms with Gasteiger partial charge in [0.1, 0.15) is 0 Å². The number of anilines is 1. The smallest absolute Gasteiger partial charge is 0.225 e. The van der Waals surface area contributed by atoms with E-state index in [4.69, 9.17) is 11.6 Å². The lowest BCUT2D eigenvalue weighted by molar-refractivity contribution is 0.420. The average molecular weight is 227 g/mol. The van der Waals surface area contributed by atoms with Crippen LogP contribution in [0, 0.1) is 0 Å². The zero-order valence-corrected chi connectivity index (χ0v) is 9.70. The van der Waals surface area contributed by atoms with E-state index in [1.165, 1.54) is 0 Å². The second-order valence-corrected chi connectivity index (χ2v) is 4.45. The SMILES string of the molecule is CC1CN(c2ncc(Cl)cn2)C(C)CN1. The summed E-state index contributed by atoms with van der Waals surface area (Å²) in [4.78, 5) is 10.7. The highest BCUT2D eigenvalue weighted by molar-refractivity contribution is 6.30. The van der Waals surface area contributed by atoms with Crippen molar-refractivity contribution >= 4 is 17.5 Å². The second kappa shape index (κ2) is 4.33. The molecule has 0 spiro atoms. The van der Waals surface area contributed by atoms with Gasteiger partial charge in [-0.3, -0.25) is 0 Å². The Bertz CT molecular complexity index is 327. The lowest BCUT2D eigenvalue weighted by Gasteiger charge is -2.37. The third kappa shape index (κ3) is 2.38. The van der Waals surface area contributed by atoms with Gasteiger partial charge in [-0.25, -0.2) is 9.97 Å². The van der Waals surface area contributed by atoms with Gasteiger partial charge >= 0.3 is 0 Å². The summed E-state index contributed by atoms with van der Waals surface area (Å²) in [6.45, 7) is 6.22. The van der Waals surface area contributed by atoms with Crippen LogP contribution >= 0.6 is 11.6 Å². The molecule has 5 heteroatoms. The zero-order valence-electron chi connectivity index (χ0n) is 8.94. The summed E-state index contributed by atoms with van der Waals surface area (Å²) in [5.74, 6) is 0.764. The average Bonchev–Trinajstić information content (AvgIpc) is 2.23. The number of piperazine rings is 1. The first kappa shape index (κ1) is 10.6. The fraction of sp³-hybridized carbons (Fsp3) is 0.600. The molecule has 15 heavy (non-hydrogen) atoms. The van der Waals surface area contributed by atoms with Crippen LogP contribution in [0.1, 0.15) is 13.8 Å². The first-order chi connectivity index (χ1) is 7.16. The summed E-state index contributed by atoms with van der Waals surface area (Å²) >= 11 is 5.76. The van der Waals surface area contributed by atoms with Crippen LogP contribution in [0.5, 0.6) is 0 Å². The van der Waals surface area contributed by atoms with Crippen molar-refractivity contribution in [1.29, 1.82) is 0 Å². The third-order valence-corrected chi connectivity index (χ3v) is 2.82. The molecule has 1 saturated heterocycles. The molecule has 2 atom stereocenters. The summed E-state index contributed by atoms with van der Waals surface area (Å²) in [7, 11) is 0. The van der Waals surface area contributed by atoms with Crippen LogP contribution < -0.4 is 10.2 Å². The molecule has 4 nitrogen and oxygen atoms in total. The highest BCUT2D eigenvalue weighted by Crippen LogP contribution is 2.15. The molecule has 0 saturated carbocycles. The molecule has 0 bridgehead atoms. The maximum atomic E-state index is 5.76. The van der Waals surface area contributed by atoms with Gasteiger partial charge in [0.05, 0.1) is 17.4 Å². The Hall–Kier alpha value is -0.870. The van der Waals surface area contributed by atoms with E-state index in [0.29, 0.717) is 17.1 Å². The first-order valence-electron chi connectivity index (χ1n) is 5.14. The molecular weight excluding hydrogens is 212 g/mol. The molecule has 1 aromatic rings. The van der Waals surface area contributed by atoms with Crippen LogP contribution in [0.2, 0.25) is 5.02 Å². The first-order valence-corrected chi connectivity index (χ1v) is 5.52. The van der Waals surface area contributed by atoms with E-state index in [-0.39, 0.29) is 0 Å². The van der Waals surface area contributed by atoms with Gasteiger partial charge in [-0.1, -0.05) is 11.6 Å². The molecule has 1 aliphatic heterocycles. The molecule has 0 amide bonds. The fourth-order valence-electron chi connectivity index (χ4n) is 1.75. The van der Waals surface area contributed by atoms with Crippen molar-refractivity contribution in [3.8, 4) is 0 Å². The van der Waals surface area contributed by atoms with Crippen LogP contribution in [0.15, 0.2) is 12.4 Å². The predicted molar refractivity (Wildman–Crippen MR) is 61.3 cm³/mol. The van der Waals surface area contributed by atoms with Crippen LogP contribution in [0.3, 0.4) is 0 Å². The molecule has 1 N–H and O–H groups in total. The molecule has 1 fully saturated rings. The minimum atomic E-state index is 0.419. The van der Waals surface area contributed by atoms with Crippen molar-refractivity contribution in [3.05, 3.63) is 17.4 Å². The zero-order chi connectivity index (χ0) is 10.8. The molecule has 1 aromatic heterocycles. The molecule has 2 rings (SSSR count). The summed E-state index contributed by atoms with van der Waals surface area (Å²) in [6.07, 6.45) is 3.28. The van der Waals surface area contributed by atoms with Crippen LogP contribution in [0.4, 0.5) is 5.95 Å².